The Hall–Kier alpha value is -7.75. The fourth-order valence-corrected chi connectivity index (χ4v) is 8.60. The van der Waals surface area contributed by atoms with Crippen molar-refractivity contribution in [2.75, 3.05) is 0 Å². The van der Waals surface area contributed by atoms with Crippen LogP contribution >= 0.6 is 0 Å². The summed E-state index contributed by atoms with van der Waals surface area (Å²) in [5.41, 5.74) is 9.51. The van der Waals surface area contributed by atoms with Gasteiger partial charge < -0.3 is 0 Å². The molecule has 11 aromatic rings. The summed E-state index contributed by atoms with van der Waals surface area (Å²) >= 11 is 0. The van der Waals surface area contributed by atoms with Crippen LogP contribution in [0.25, 0.3) is 111 Å². The first-order valence-electron chi connectivity index (χ1n) is 19.7. The van der Waals surface area contributed by atoms with E-state index < -0.39 is 0 Å². The summed E-state index contributed by atoms with van der Waals surface area (Å²) in [5, 5.41) is 9.66. The normalized spacial score (nSPS) is 11.4. The van der Waals surface area contributed by atoms with Gasteiger partial charge in [-0.2, -0.15) is 0 Å². The second-order valence-electron chi connectivity index (χ2n) is 14.7. The fourth-order valence-electron chi connectivity index (χ4n) is 8.60. The number of aromatic nitrogens is 3. The summed E-state index contributed by atoms with van der Waals surface area (Å²) in [4.78, 5) is 16.1. The third kappa shape index (κ3) is 5.80. The van der Waals surface area contributed by atoms with E-state index in [2.05, 4.69) is 206 Å². The van der Waals surface area contributed by atoms with Crippen LogP contribution < -0.4 is 0 Å². The van der Waals surface area contributed by atoms with E-state index in [9.17, 15) is 0 Å². The maximum atomic E-state index is 5.38. The molecule has 0 N–H and O–H groups in total. The van der Waals surface area contributed by atoms with Gasteiger partial charge in [-0.1, -0.05) is 200 Å². The molecule has 0 aliphatic carbocycles. The Morgan fingerprint density at radius 3 is 1.50 bits per heavy atom. The molecule has 1 heterocycles. The lowest BCUT2D eigenvalue weighted by atomic mass is 9.88. The largest absolute Gasteiger partial charge is 0.208 e. The standard InChI is InChI=1S/C55H35N3/c1-2-16-36(17-3-1)43-25-10-12-29-49(43)54-56-53(41-23-14-22-39(34-41)45-31-15-21-37-18-4-7-24-42(37)45)57-55(58-54)50-30-13-11-28-47(50)52-46-27-9-6-20-40(46)35-51-44-26-8-5-19-38(44)32-33-48(51)52/h1-35H. The van der Waals surface area contributed by atoms with Crippen molar-refractivity contribution in [3.8, 4) is 67.5 Å². The number of benzene rings is 10. The summed E-state index contributed by atoms with van der Waals surface area (Å²) in [6.45, 7) is 0. The Balaban J connectivity index is 1.17. The van der Waals surface area contributed by atoms with Crippen LogP contribution in [-0.4, -0.2) is 15.0 Å². The predicted octanol–water partition coefficient (Wildman–Crippen LogP) is 14.5. The average Bonchev–Trinajstić information content (AvgIpc) is 3.30. The van der Waals surface area contributed by atoms with Gasteiger partial charge in [0, 0.05) is 16.7 Å². The average molecular weight is 738 g/mol. The molecule has 0 unspecified atom stereocenters. The van der Waals surface area contributed by atoms with E-state index in [0.29, 0.717) is 17.5 Å². The zero-order chi connectivity index (χ0) is 38.4. The van der Waals surface area contributed by atoms with E-state index in [1.165, 1.54) is 54.2 Å². The molecule has 10 aromatic carbocycles. The number of rotatable bonds is 6. The third-order valence-electron chi connectivity index (χ3n) is 11.3. The van der Waals surface area contributed by atoms with Crippen molar-refractivity contribution >= 4 is 43.1 Å². The van der Waals surface area contributed by atoms with Crippen molar-refractivity contribution in [3.63, 3.8) is 0 Å². The minimum atomic E-state index is 0.619. The van der Waals surface area contributed by atoms with E-state index in [1.807, 2.05) is 6.07 Å². The van der Waals surface area contributed by atoms with Crippen LogP contribution in [0, 0.1) is 0 Å². The molecular weight excluding hydrogens is 703 g/mol. The van der Waals surface area contributed by atoms with Crippen LogP contribution in [-0.2, 0) is 0 Å². The highest BCUT2D eigenvalue weighted by Crippen LogP contribution is 2.43. The fraction of sp³-hybridized carbons (Fsp3) is 0. The van der Waals surface area contributed by atoms with Crippen molar-refractivity contribution in [2.45, 2.75) is 0 Å². The van der Waals surface area contributed by atoms with Crippen molar-refractivity contribution in [1.29, 1.82) is 0 Å². The van der Waals surface area contributed by atoms with Crippen molar-refractivity contribution in [3.05, 3.63) is 212 Å². The second-order valence-corrected chi connectivity index (χ2v) is 14.7. The predicted molar refractivity (Wildman–Crippen MR) is 242 cm³/mol. The number of nitrogens with zero attached hydrogens (tertiary/aromatic N) is 3. The lowest BCUT2D eigenvalue weighted by molar-refractivity contribution is 1.07. The van der Waals surface area contributed by atoms with Crippen molar-refractivity contribution in [1.82, 2.24) is 15.0 Å². The van der Waals surface area contributed by atoms with Gasteiger partial charge in [-0.15, -0.1) is 0 Å². The number of fused-ring (bicyclic) bond motifs is 5. The summed E-state index contributed by atoms with van der Waals surface area (Å²) in [6.07, 6.45) is 0. The highest BCUT2D eigenvalue weighted by Gasteiger charge is 2.21. The molecule has 0 amide bonds. The van der Waals surface area contributed by atoms with Crippen LogP contribution in [0.15, 0.2) is 212 Å². The summed E-state index contributed by atoms with van der Waals surface area (Å²) < 4.78 is 0. The Labute approximate surface area is 336 Å². The Morgan fingerprint density at radius 2 is 0.724 bits per heavy atom. The lowest BCUT2D eigenvalue weighted by Gasteiger charge is -2.17. The SMILES string of the molecule is c1ccc(-c2ccccc2-c2nc(-c3cccc(-c4cccc5ccccc45)c3)nc(-c3ccccc3-c3c4ccccc4cc4c3ccc3ccccc34)n2)cc1. The minimum absolute atomic E-state index is 0.619. The molecule has 0 aliphatic heterocycles. The van der Waals surface area contributed by atoms with Crippen molar-refractivity contribution < 1.29 is 0 Å². The maximum Gasteiger partial charge on any atom is 0.164 e. The molecule has 0 spiro atoms. The molecule has 1 aromatic heterocycles. The highest BCUT2D eigenvalue weighted by atomic mass is 15.0. The van der Waals surface area contributed by atoms with Gasteiger partial charge in [0.15, 0.2) is 17.5 Å². The molecule has 0 fully saturated rings. The smallest absolute Gasteiger partial charge is 0.164 e. The van der Waals surface area contributed by atoms with Gasteiger partial charge in [-0.3, -0.25) is 0 Å². The number of hydrogen-bond acceptors (Lipinski definition) is 3. The first-order chi connectivity index (χ1) is 28.8. The molecule has 3 nitrogen and oxygen atoms in total. The Kier molecular flexibility index (Phi) is 8.15. The highest BCUT2D eigenvalue weighted by molar-refractivity contribution is 6.21. The van der Waals surface area contributed by atoms with Gasteiger partial charge in [0.2, 0.25) is 0 Å². The van der Waals surface area contributed by atoms with Gasteiger partial charge in [-0.05, 0) is 88.6 Å². The topological polar surface area (TPSA) is 38.7 Å². The monoisotopic (exact) mass is 737 g/mol. The third-order valence-corrected chi connectivity index (χ3v) is 11.3. The first kappa shape index (κ1) is 33.6. The molecule has 0 radical (unpaired) electrons. The second kappa shape index (κ2) is 14.1. The molecule has 0 saturated carbocycles. The molecule has 270 valence electrons. The zero-order valence-corrected chi connectivity index (χ0v) is 31.5. The zero-order valence-electron chi connectivity index (χ0n) is 31.5. The van der Waals surface area contributed by atoms with Crippen molar-refractivity contribution in [2.24, 2.45) is 0 Å². The van der Waals surface area contributed by atoms with E-state index in [4.69, 9.17) is 15.0 Å². The summed E-state index contributed by atoms with van der Waals surface area (Å²) in [5.74, 6) is 1.86. The quantitative estimate of drug-likeness (QED) is 0.126. The van der Waals surface area contributed by atoms with Gasteiger partial charge in [0.1, 0.15) is 0 Å². The first-order valence-corrected chi connectivity index (χ1v) is 19.7. The van der Waals surface area contributed by atoms with Gasteiger partial charge >= 0.3 is 0 Å². The Morgan fingerprint density at radius 1 is 0.224 bits per heavy atom. The maximum absolute atomic E-state index is 5.38. The van der Waals surface area contributed by atoms with Gasteiger partial charge in [0.25, 0.3) is 0 Å². The Bertz CT molecular complexity index is 3340. The molecule has 58 heavy (non-hydrogen) atoms. The van der Waals surface area contributed by atoms with Crippen LogP contribution in [0.1, 0.15) is 0 Å². The number of hydrogen-bond donors (Lipinski definition) is 0. The molecule has 0 bridgehead atoms. The van der Waals surface area contributed by atoms with Gasteiger partial charge in [-0.25, -0.2) is 15.0 Å². The van der Waals surface area contributed by atoms with E-state index in [-0.39, 0.29) is 0 Å². The van der Waals surface area contributed by atoms with Crippen LogP contribution in [0.2, 0.25) is 0 Å². The van der Waals surface area contributed by atoms with Gasteiger partial charge in [0.05, 0.1) is 0 Å². The summed E-state index contributed by atoms with van der Waals surface area (Å²) in [6, 6.07) is 75.3. The molecule has 11 rings (SSSR count). The van der Waals surface area contributed by atoms with Crippen LogP contribution in [0.5, 0.6) is 0 Å². The molecular formula is C55H35N3. The molecule has 0 atom stereocenters. The van der Waals surface area contributed by atoms with E-state index >= 15 is 0 Å². The van der Waals surface area contributed by atoms with Crippen LogP contribution in [0.3, 0.4) is 0 Å². The summed E-state index contributed by atoms with van der Waals surface area (Å²) in [7, 11) is 0. The van der Waals surface area contributed by atoms with Crippen LogP contribution in [0.4, 0.5) is 0 Å². The minimum Gasteiger partial charge on any atom is -0.208 e. The lowest BCUT2D eigenvalue weighted by Crippen LogP contribution is -2.02. The molecule has 3 heteroatoms. The molecule has 0 saturated heterocycles. The van der Waals surface area contributed by atoms with E-state index in [0.717, 1.165) is 38.9 Å². The van der Waals surface area contributed by atoms with E-state index in [1.54, 1.807) is 0 Å². The molecule has 0 aliphatic rings.